The van der Waals surface area contributed by atoms with E-state index in [0.717, 1.165) is 6.07 Å². The first-order valence-corrected chi connectivity index (χ1v) is 24.3. The maximum absolute atomic E-state index is 17.3. The molecule has 0 aliphatic carbocycles. The second kappa shape index (κ2) is 16.4. The van der Waals surface area contributed by atoms with Crippen LogP contribution < -0.4 is 9.33 Å². The second-order valence-electron chi connectivity index (χ2n) is 17.8. The Labute approximate surface area is 332 Å². The fourth-order valence-electron chi connectivity index (χ4n) is 9.78. The molecule has 0 unspecified atom stereocenters. The van der Waals surface area contributed by atoms with Gasteiger partial charge in [0.05, 0.1) is 30.9 Å². The summed E-state index contributed by atoms with van der Waals surface area (Å²) < 4.78 is 78.7. The van der Waals surface area contributed by atoms with Gasteiger partial charge in [0.2, 0.25) is 0 Å². The number of rotatable bonds is 10. The van der Waals surface area contributed by atoms with Crippen molar-refractivity contribution in [2.45, 2.75) is 129 Å². The fourth-order valence-corrected chi connectivity index (χ4v) is 20.2. The molecule has 2 heterocycles. The van der Waals surface area contributed by atoms with E-state index >= 15 is 17.6 Å². The zero-order valence-corrected chi connectivity index (χ0v) is 37.3. The molecule has 1 fully saturated rings. The summed E-state index contributed by atoms with van der Waals surface area (Å²) in [5.41, 5.74) is 2.76. The van der Waals surface area contributed by atoms with E-state index in [4.69, 9.17) is 9.16 Å². The molecule has 5 rings (SSSR count). The van der Waals surface area contributed by atoms with Crippen LogP contribution in [0.3, 0.4) is 0 Å². The van der Waals surface area contributed by atoms with Gasteiger partial charge < -0.3 is 19.2 Å². The lowest BCUT2D eigenvalue weighted by atomic mass is 9.92. The van der Waals surface area contributed by atoms with Crippen LogP contribution >= 0.6 is 0 Å². The number of halogens is 4. The van der Waals surface area contributed by atoms with Crippen LogP contribution in [0.15, 0.2) is 30.3 Å². The molecule has 0 saturated carbocycles. The van der Waals surface area contributed by atoms with Gasteiger partial charge in [0, 0.05) is 22.9 Å². The second-order valence-corrected chi connectivity index (χ2v) is 28.7. The highest BCUT2D eigenvalue weighted by Gasteiger charge is 2.47. The number of hydrogen-bond donors (Lipinski definition) is 1. The topological polar surface area (TPSA) is 67.7 Å². The van der Waals surface area contributed by atoms with E-state index in [9.17, 15) is 5.11 Å². The summed E-state index contributed by atoms with van der Waals surface area (Å²) in [4.78, 5) is 9.36. The molecule has 6 nitrogen and oxygen atoms in total. The molecule has 56 heavy (non-hydrogen) atoms. The third-order valence-electron chi connectivity index (χ3n) is 12.2. The Bertz CT molecular complexity index is 2120. The molecule has 1 saturated heterocycles. The number of fused-ring (bicyclic) bond motifs is 2. The van der Waals surface area contributed by atoms with Crippen molar-refractivity contribution in [2.75, 3.05) is 31.2 Å². The minimum Gasteiger partial charge on any atom is -0.543 e. The van der Waals surface area contributed by atoms with Crippen molar-refractivity contribution in [3.63, 3.8) is 0 Å². The Morgan fingerprint density at radius 1 is 0.821 bits per heavy atom. The minimum absolute atomic E-state index is 0.0179. The number of benzene rings is 3. The summed E-state index contributed by atoms with van der Waals surface area (Å²) in [6.07, 6.45) is -1.22. The van der Waals surface area contributed by atoms with Crippen LogP contribution in [0.25, 0.3) is 32.8 Å². The molecule has 3 aromatic carbocycles. The van der Waals surface area contributed by atoms with E-state index in [0.29, 0.717) is 11.1 Å². The van der Waals surface area contributed by atoms with Gasteiger partial charge >= 0.3 is 6.08 Å². The molecule has 1 aliphatic rings. The molecule has 0 radical (unpaired) electrons. The van der Waals surface area contributed by atoms with Gasteiger partial charge in [0.25, 0.3) is 8.32 Å². The van der Waals surface area contributed by atoms with Crippen molar-refractivity contribution in [1.82, 2.24) is 9.97 Å². The van der Waals surface area contributed by atoms with Crippen LogP contribution in [0.4, 0.5) is 23.4 Å². The SMILES string of the molecule is CC(C)[Si](C#Cc1c(F)ccc2cc(O[Si](C(C)C)(C(C)C)C(C)C)cc(-c3c(F)cc4c(N5CCOC[C@@](C)(O)C5)nc(F)nc4c3F)c12)(C(C)C)C(C)C. The Morgan fingerprint density at radius 3 is 2.00 bits per heavy atom. The van der Waals surface area contributed by atoms with Crippen molar-refractivity contribution in [1.29, 1.82) is 0 Å². The summed E-state index contributed by atoms with van der Waals surface area (Å²) in [5.74, 6) is 0.893. The van der Waals surface area contributed by atoms with Gasteiger partial charge in [-0.25, -0.2) is 13.2 Å². The number of hydrogen-bond acceptors (Lipinski definition) is 6. The highest BCUT2D eigenvalue weighted by atomic mass is 28.4. The number of aliphatic hydroxyl groups is 1. The van der Waals surface area contributed by atoms with E-state index in [1.165, 1.54) is 6.07 Å². The van der Waals surface area contributed by atoms with Crippen LogP contribution in [0, 0.1) is 35.0 Å². The maximum Gasteiger partial charge on any atom is 0.311 e. The van der Waals surface area contributed by atoms with Gasteiger partial charge in [-0.15, -0.1) is 5.54 Å². The van der Waals surface area contributed by atoms with Gasteiger partial charge in [-0.1, -0.05) is 95.1 Å². The summed E-state index contributed by atoms with van der Waals surface area (Å²) in [6.45, 7) is 27.8. The predicted molar refractivity (Wildman–Crippen MR) is 226 cm³/mol. The number of anilines is 1. The molecule has 1 N–H and O–H groups in total. The third kappa shape index (κ3) is 7.85. The molecular weight excluding hydrogens is 751 g/mol. The van der Waals surface area contributed by atoms with Gasteiger partial charge in [-0.3, -0.25) is 0 Å². The lowest BCUT2D eigenvalue weighted by Crippen LogP contribution is -2.50. The van der Waals surface area contributed by atoms with E-state index < -0.39 is 56.6 Å². The number of ether oxygens (including phenoxy) is 1. The van der Waals surface area contributed by atoms with Gasteiger partial charge in [-0.2, -0.15) is 14.4 Å². The lowest BCUT2D eigenvalue weighted by molar-refractivity contribution is -0.0123. The normalized spacial score (nSPS) is 17.2. The summed E-state index contributed by atoms with van der Waals surface area (Å²) >= 11 is 0. The number of nitrogens with zero attached hydrogens (tertiary/aromatic N) is 3. The van der Waals surface area contributed by atoms with Gasteiger partial charge in [0.15, 0.2) is 5.82 Å². The highest BCUT2D eigenvalue weighted by Crippen LogP contribution is 2.47. The first-order chi connectivity index (χ1) is 26.1. The average molecular weight is 810 g/mol. The van der Waals surface area contributed by atoms with Crippen molar-refractivity contribution in [3.05, 3.63) is 59.4 Å². The van der Waals surface area contributed by atoms with Crippen LogP contribution in [-0.2, 0) is 4.74 Å². The first kappa shape index (κ1) is 43.6. The number of aromatic nitrogens is 2. The third-order valence-corrected chi connectivity index (χ3v) is 24.5. The molecule has 1 aromatic heterocycles. The van der Waals surface area contributed by atoms with Crippen molar-refractivity contribution >= 4 is 43.9 Å². The van der Waals surface area contributed by atoms with Crippen LogP contribution in [0.1, 0.15) is 95.6 Å². The van der Waals surface area contributed by atoms with Crippen molar-refractivity contribution < 1.29 is 31.8 Å². The van der Waals surface area contributed by atoms with Gasteiger partial charge in [0.1, 0.15) is 42.4 Å². The van der Waals surface area contributed by atoms with E-state index in [1.54, 1.807) is 24.0 Å². The smallest absolute Gasteiger partial charge is 0.311 e. The van der Waals surface area contributed by atoms with Crippen LogP contribution in [0.2, 0.25) is 33.2 Å². The summed E-state index contributed by atoms with van der Waals surface area (Å²) in [7, 11) is -4.98. The highest BCUT2D eigenvalue weighted by molar-refractivity contribution is 6.90. The van der Waals surface area contributed by atoms with Crippen molar-refractivity contribution in [2.24, 2.45) is 0 Å². The predicted octanol–water partition coefficient (Wildman–Crippen LogP) is 11.7. The Balaban J connectivity index is 1.91. The van der Waals surface area contributed by atoms with E-state index in [2.05, 4.69) is 105 Å². The van der Waals surface area contributed by atoms with E-state index in [1.807, 2.05) is 6.07 Å². The average Bonchev–Trinajstić information content (AvgIpc) is 3.27. The monoisotopic (exact) mass is 809 g/mol. The molecule has 4 aromatic rings. The molecule has 0 spiro atoms. The Hall–Kier alpha value is -3.51. The Morgan fingerprint density at radius 2 is 1.43 bits per heavy atom. The maximum atomic E-state index is 17.3. The standard InChI is InChI=1S/C44H59F4N3O3Si2/c1-25(2)55(26(3)4,27(5)6)19-16-33-36(45)15-14-31-20-32(54-56(28(7)8,29(9)10)30(11)12)21-34(38(31)33)39-37(46)22-35-41(40(39)47)49-43(48)50-42(35)51-17-18-53-24-44(13,52)23-51/h14-15,20-22,25-30,52H,17-18,23-24H2,1-13H3/t44-/m0/s1. The molecule has 12 heteroatoms. The lowest BCUT2D eigenvalue weighted by Gasteiger charge is -2.42. The molecule has 304 valence electrons. The summed E-state index contributed by atoms with van der Waals surface area (Å²) in [6, 6.07) is 7.45. The molecular formula is C44H59F4N3O3Si2. The van der Waals surface area contributed by atoms with E-state index in [-0.39, 0.29) is 87.3 Å². The quantitative estimate of drug-likeness (QED) is 0.0745. The number of β-amino-alcohol motifs (C(OH)–C–C–N with tert-alkyl or cyclic N) is 1. The molecule has 1 atom stereocenters. The largest absolute Gasteiger partial charge is 0.543 e. The molecule has 1 aliphatic heterocycles. The van der Waals surface area contributed by atoms with Crippen LogP contribution in [0.5, 0.6) is 5.75 Å². The van der Waals surface area contributed by atoms with Crippen LogP contribution in [-0.4, -0.2) is 63.4 Å². The summed E-state index contributed by atoms with van der Waals surface area (Å²) in [5, 5.41) is 11.5. The van der Waals surface area contributed by atoms with Gasteiger partial charge in [-0.05, 0) is 69.8 Å². The zero-order chi connectivity index (χ0) is 41.7. The van der Waals surface area contributed by atoms with Crippen molar-refractivity contribution in [3.8, 4) is 28.3 Å². The fraction of sp³-hybridized carbons (Fsp3) is 0.545. The zero-order valence-electron chi connectivity index (χ0n) is 35.3. The minimum atomic E-state index is -2.59. The Kier molecular flexibility index (Phi) is 12.8. The molecule has 0 amide bonds. The first-order valence-electron chi connectivity index (χ1n) is 20.0. The molecule has 0 bridgehead atoms.